The van der Waals surface area contributed by atoms with Gasteiger partial charge in [-0.2, -0.15) is 0 Å². The maximum atomic E-state index is 11.7. The average Bonchev–Trinajstić information content (AvgIpc) is 2.40. The molecule has 1 heterocycles. The van der Waals surface area contributed by atoms with E-state index in [0.29, 0.717) is 5.82 Å². The number of benzene rings is 1. The van der Waals surface area contributed by atoms with Crippen LogP contribution < -0.4 is 11.2 Å². The van der Waals surface area contributed by atoms with E-state index in [-0.39, 0.29) is 5.56 Å². The van der Waals surface area contributed by atoms with Gasteiger partial charge in [0.05, 0.1) is 0 Å². The van der Waals surface area contributed by atoms with Gasteiger partial charge in [-0.15, -0.1) is 0 Å². The van der Waals surface area contributed by atoms with E-state index in [1.54, 1.807) is 13.3 Å². The molecule has 0 fully saturated rings. The molecule has 2 rings (SSSR count). The molecule has 0 N–H and O–H groups in total. The van der Waals surface area contributed by atoms with Crippen molar-refractivity contribution in [3.63, 3.8) is 0 Å². The van der Waals surface area contributed by atoms with Crippen molar-refractivity contribution in [1.82, 2.24) is 9.13 Å². The topological polar surface area (TPSA) is 56.4 Å². The summed E-state index contributed by atoms with van der Waals surface area (Å²) in [5, 5.41) is 0. The Balaban J connectivity index is 2.48. The van der Waals surface area contributed by atoms with E-state index in [9.17, 15) is 9.59 Å². The van der Waals surface area contributed by atoms with Gasteiger partial charge in [0.1, 0.15) is 5.82 Å². The minimum atomic E-state index is -0.397. The summed E-state index contributed by atoms with van der Waals surface area (Å²) < 4.78 is 3.26. The second-order valence-electron chi connectivity index (χ2n) is 4.02. The fourth-order valence-corrected chi connectivity index (χ4v) is 1.95. The fourth-order valence-electron chi connectivity index (χ4n) is 1.56. The highest BCUT2D eigenvalue weighted by Gasteiger charge is 2.04. The molecule has 0 saturated carbocycles. The highest BCUT2D eigenvalue weighted by Crippen LogP contribution is 2.14. The molecule has 1 aromatic carbocycles. The van der Waals surface area contributed by atoms with E-state index in [2.05, 4.69) is 20.9 Å². The summed E-state index contributed by atoms with van der Waals surface area (Å²) in [4.78, 5) is 27.5. The summed E-state index contributed by atoms with van der Waals surface area (Å²) in [6.07, 6.45) is 1.61. The van der Waals surface area contributed by atoms with Gasteiger partial charge in [0, 0.05) is 36.4 Å². The zero-order valence-electron chi connectivity index (χ0n) is 10.5. The Morgan fingerprint density at radius 3 is 2.53 bits per heavy atom. The Morgan fingerprint density at radius 2 is 1.84 bits per heavy atom. The van der Waals surface area contributed by atoms with Crippen LogP contribution in [-0.2, 0) is 14.1 Å². The Hall–Kier alpha value is -1.95. The SMILES string of the molecule is Cn1c(/N=C\c2ccccc2Br)cc(=O)n(C)c1=O. The van der Waals surface area contributed by atoms with Gasteiger partial charge in [0.25, 0.3) is 5.56 Å². The van der Waals surface area contributed by atoms with E-state index in [1.165, 1.54) is 17.7 Å². The van der Waals surface area contributed by atoms with Crippen LogP contribution in [0.15, 0.2) is 49.4 Å². The standard InChI is InChI=1S/C13H12BrN3O2/c1-16-11(7-12(18)17(2)13(16)19)15-8-9-5-3-4-6-10(9)14/h3-8H,1-2H3/b15-8-. The number of aromatic nitrogens is 2. The predicted molar refractivity (Wildman–Crippen MR) is 78.3 cm³/mol. The lowest BCUT2D eigenvalue weighted by atomic mass is 10.2. The lowest BCUT2D eigenvalue weighted by Crippen LogP contribution is -2.35. The average molecular weight is 322 g/mol. The van der Waals surface area contributed by atoms with Gasteiger partial charge in [0.15, 0.2) is 0 Å². The minimum absolute atomic E-state index is 0.323. The van der Waals surface area contributed by atoms with E-state index in [0.717, 1.165) is 14.6 Å². The summed E-state index contributed by atoms with van der Waals surface area (Å²) in [7, 11) is 3.01. The second kappa shape index (κ2) is 5.36. The second-order valence-corrected chi connectivity index (χ2v) is 4.88. The lowest BCUT2D eigenvalue weighted by molar-refractivity contribution is 0.689. The number of halogens is 1. The molecule has 0 radical (unpaired) electrons. The zero-order valence-corrected chi connectivity index (χ0v) is 12.1. The van der Waals surface area contributed by atoms with Crippen molar-refractivity contribution in [2.45, 2.75) is 0 Å². The van der Waals surface area contributed by atoms with Crippen molar-refractivity contribution in [3.05, 3.63) is 61.2 Å². The highest BCUT2D eigenvalue weighted by atomic mass is 79.9. The normalized spacial score (nSPS) is 11.1. The molecule has 0 spiro atoms. The third kappa shape index (κ3) is 2.73. The summed E-state index contributed by atoms with van der Waals surface area (Å²) in [5.41, 5.74) is 0.102. The largest absolute Gasteiger partial charge is 0.332 e. The molecule has 5 nitrogen and oxygen atoms in total. The first-order valence-corrected chi connectivity index (χ1v) is 6.35. The first kappa shape index (κ1) is 13.5. The van der Waals surface area contributed by atoms with Gasteiger partial charge < -0.3 is 0 Å². The molecule has 0 aliphatic heterocycles. The molecule has 98 valence electrons. The Labute approximate surface area is 118 Å². The van der Waals surface area contributed by atoms with E-state index in [1.807, 2.05) is 24.3 Å². The maximum absolute atomic E-state index is 11.7. The van der Waals surface area contributed by atoms with Crippen molar-refractivity contribution >= 4 is 28.0 Å². The van der Waals surface area contributed by atoms with Crippen molar-refractivity contribution in [2.75, 3.05) is 0 Å². The number of nitrogens with zero attached hydrogens (tertiary/aromatic N) is 3. The molecule has 19 heavy (non-hydrogen) atoms. The molecule has 0 saturated heterocycles. The Morgan fingerprint density at radius 1 is 1.16 bits per heavy atom. The van der Waals surface area contributed by atoms with Gasteiger partial charge in [0.2, 0.25) is 0 Å². The van der Waals surface area contributed by atoms with Gasteiger partial charge in [-0.05, 0) is 6.07 Å². The molecular weight excluding hydrogens is 310 g/mol. The van der Waals surface area contributed by atoms with Crippen LogP contribution in [0.3, 0.4) is 0 Å². The quantitative estimate of drug-likeness (QED) is 0.789. The van der Waals surface area contributed by atoms with Gasteiger partial charge in [-0.25, -0.2) is 9.79 Å². The van der Waals surface area contributed by atoms with Gasteiger partial charge >= 0.3 is 5.69 Å². The van der Waals surface area contributed by atoms with Crippen LogP contribution in [0.5, 0.6) is 0 Å². The third-order valence-corrected chi connectivity index (χ3v) is 3.46. The molecule has 1 aromatic heterocycles. The molecule has 0 bridgehead atoms. The number of hydrogen-bond acceptors (Lipinski definition) is 3. The van der Waals surface area contributed by atoms with Gasteiger partial charge in [-0.3, -0.25) is 13.9 Å². The molecule has 6 heteroatoms. The smallest absolute Gasteiger partial charge is 0.281 e. The summed E-state index contributed by atoms with van der Waals surface area (Å²) in [6, 6.07) is 8.89. The summed E-state index contributed by atoms with van der Waals surface area (Å²) >= 11 is 3.40. The zero-order chi connectivity index (χ0) is 14.0. The van der Waals surface area contributed by atoms with Crippen LogP contribution in [-0.4, -0.2) is 15.3 Å². The molecule has 0 atom stereocenters. The lowest BCUT2D eigenvalue weighted by Gasteiger charge is -2.04. The van der Waals surface area contributed by atoms with E-state index in [4.69, 9.17) is 0 Å². The Bertz CT molecular complexity index is 759. The van der Waals surface area contributed by atoms with Crippen molar-refractivity contribution in [3.8, 4) is 0 Å². The summed E-state index contributed by atoms with van der Waals surface area (Å²) in [6.45, 7) is 0. The van der Waals surface area contributed by atoms with Crippen LogP contribution in [0.2, 0.25) is 0 Å². The van der Waals surface area contributed by atoms with Crippen molar-refractivity contribution in [2.24, 2.45) is 19.1 Å². The monoisotopic (exact) mass is 321 g/mol. The first-order valence-electron chi connectivity index (χ1n) is 5.56. The number of aliphatic imine (C=N–C) groups is 1. The molecule has 0 aliphatic carbocycles. The fraction of sp³-hybridized carbons (Fsp3) is 0.154. The number of hydrogen-bond donors (Lipinski definition) is 0. The van der Waals surface area contributed by atoms with Gasteiger partial charge in [-0.1, -0.05) is 34.1 Å². The minimum Gasteiger partial charge on any atom is -0.281 e. The van der Waals surface area contributed by atoms with Crippen LogP contribution in [0, 0.1) is 0 Å². The van der Waals surface area contributed by atoms with Crippen LogP contribution in [0.4, 0.5) is 5.82 Å². The molecule has 2 aromatic rings. The highest BCUT2D eigenvalue weighted by molar-refractivity contribution is 9.10. The molecule has 0 unspecified atom stereocenters. The predicted octanol–water partition coefficient (Wildman–Crippen LogP) is 1.60. The van der Waals surface area contributed by atoms with Crippen LogP contribution in [0.25, 0.3) is 0 Å². The molecular formula is C13H12BrN3O2. The third-order valence-electron chi connectivity index (χ3n) is 2.74. The van der Waals surface area contributed by atoms with E-state index >= 15 is 0 Å². The molecule has 0 aliphatic rings. The first-order chi connectivity index (χ1) is 9.00. The summed E-state index contributed by atoms with van der Waals surface area (Å²) in [5.74, 6) is 0.323. The molecule has 0 amide bonds. The van der Waals surface area contributed by atoms with E-state index < -0.39 is 5.69 Å². The van der Waals surface area contributed by atoms with Crippen molar-refractivity contribution < 1.29 is 0 Å². The van der Waals surface area contributed by atoms with Crippen LogP contribution >= 0.6 is 15.9 Å². The van der Waals surface area contributed by atoms with Crippen LogP contribution in [0.1, 0.15) is 5.56 Å². The number of rotatable bonds is 2. The van der Waals surface area contributed by atoms with Crippen molar-refractivity contribution in [1.29, 1.82) is 0 Å². The Kier molecular flexibility index (Phi) is 3.80. The maximum Gasteiger partial charge on any atom is 0.332 e.